The van der Waals surface area contributed by atoms with Crippen LogP contribution in [0.4, 0.5) is 0 Å². The third-order valence-electron chi connectivity index (χ3n) is 2.67. The Balaban J connectivity index is 1.85. The molecule has 0 bridgehead atoms. The van der Waals surface area contributed by atoms with Crippen LogP contribution < -0.4 is 10.5 Å². The maximum atomic E-state index is 5.67. The molecule has 0 aliphatic heterocycles. The highest BCUT2D eigenvalue weighted by atomic mass is 32.1. The van der Waals surface area contributed by atoms with Gasteiger partial charge < -0.3 is 10.5 Å². The summed E-state index contributed by atoms with van der Waals surface area (Å²) in [5, 5.41) is 0. The van der Waals surface area contributed by atoms with E-state index in [9.17, 15) is 0 Å². The summed E-state index contributed by atoms with van der Waals surface area (Å²) in [7, 11) is 0. The first-order chi connectivity index (χ1) is 9.27. The van der Waals surface area contributed by atoms with Gasteiger partial charge in [0.05, 0.1) is 18.4 Å². The van der Waals surface area contributed by atoms with E-state index in [0.717, 1.165) is 18.4 Å². The van der Waals surface area contributed by atoms with Crippen LogP contribution in [-0.4, -0.2) is 21.6 Å². The Morgan fingerprint density at radius 2 is 1.89 bits per heavy atom. The minimum absolute atomic E-state index is 0.325. The van der Waals surface area contributed by atoms with Crippen molar-refractivity contribution in [2.75, 3.05) is 6.61 Å². The Bertz CT molecular complexity index is 545. The normalized spacial score (nSPS) is 10.1. The number of hydrogen-bond acceptors (Lipinski definition) is 4. The van der Waals surface area contributed by atoms with E-state index in [2.05, 4.69) is 9.97 Å². The standard InChI is InChI=1S/C14H15N3OS/c15-14(19)12-5-8-17-10-13(12)18-9-1-2-11-3-6-16-7-4-11/h3-8,10H,1-2,9H2,(H2,15,19). The third kappa shape index (κ3) is 3.99. The summed E-state index contributed by atoms with van der Waals surface area (Å²) in [6, 6.07) is 5.77. The second-order valence-corrected chi connectivity index (χ2v) is 4.48. The first-order valence-corrected chi connectivity index (χ1v) is 6.43. The summed E-state index contributed by atoms with van der Waals surface area (Å²) in [5.74, 6) is 0.643. The highest BCUT2D eigenvalue weighted by molar-refractivity contribution is 7.80. The van der Waals surface area contributed by atoms with Crippen LogP contribution in [0.3, 0.4) is 0 Å². The lowest BCUT2D eigenvalue weighted by Crippen LogP contribution is -2.12. The Labute approximate surface area is 117 Å². The Morgan fingerprint density at radius 1 is 1.16 bits per heavy atom. The van der Waals surface area contributed by atoms with Gasteiger partial charge in [-0.3, -0.25) is 9.97 Å². The van der Waals surface area contributed by atoms with Crippen LogP contribution in [0.15, 0.2) is 43.0 Å². The van der Waals surface area contributed by atoms with Gasteiger partial charge in [-0.05, 0) is 36.6 Å². The minimum Gasteiger partial charge on any atom is -0.491 e. The lowest BCUT2D eigenvalue weighted by Gasteiger charge is -2.09. The van der Waals surface area contributed by atoms with E-state index >= 15 is 0 Å². The van der Waals surface area contributed by atoms with E-state index in [4.69, 9.17) is 22.7 Å². The molecule has 2 N–H and O–H groups in total. The van der Waals surface area contributed by atoms with Gasteiger partial charge in [-0.1, -0.05) is 12.2 Å². The maximum absolute atomic E-state index is 5.67. The van der Waals surface area contributed by atoms with E-state index in [-0.39, 0.29) is 0 Å². The predicted molar refractivity (Wildman–Crippen MR) is 78.2 cm³/mol. The summed E-state index contributed by atoms with van der Waals surface area (Å²) in [5.41, 5.74) is 7.61. The molecule has 0 radical (unpaired) electrons. The Kier molecular flexibility index (Phi) is 4.80. The number of nitrogens with zero attached hydrogens (tertiary/aromatic N) is 2. The van der Waals surface area contributed by atoms with Crippen molar-refractivity contribution < 1.29 is 4.74 Å². The number of thiocarbonyl (C=S) groups is 1. The topological polar surface area (TPSA) is 61.0 Å². The first-order valence-electron chi connectivity index (χ1n) is 6.03. The zero-order chi connectivity index (χ0) is 13.5. The van der Waals surface area contributed by atoms with Gasteiger partial charge in [0, 0.05) is 18.6 Å². The average molecular weight is 273 g/mol. The van der Waals surface area contributed by atoms with Gasteiger partial charge in [-0.15, -0.1) is 0 Å². The molecule has 2 heterocycles. The summed E-state index contributed by atoms with van der Waals surface area (Å²) < 4.78 is 5.67. The van der Waals surface area contributed by atoms with Crippen molar-refractivity contribution in [2.24, 2.45) is 5.73 Å². The van der Waals surface area contributed by atoms with Crippen molar-refractivity contribution in [1.29, 1.82) is 0 Å². The van der Waals surface area contributed by atoms with Gasteiger partial charge in [0.15, 0.2) is 0 Å². The molecule has 0 unspecified atom stereocenters. The highest BCUT2D eigenvalue weighted by Crippen LogP contribution is 2.16. The molecule has 4 nitrogen and oxygen atoms in total. The fraction of sp³-hybridized carbons (Fsp3) is 0.214. The molecule has 0 saturated carbocycles. The van der Waals surface area contributed by atoms with Gasteiger partial charge in [0.25, 0.3) is 0 Å². The number of aryl methyl sites for hydroxylation is 1. The average Bonchev–Trinajstić information content (AvgIpc) is 2.45. The Morgan fingerprint density at radius 3 is 2.63 bits per heavy atom. The van der Waals surface area contributed by atoms with Crippen molar-refractivity contribution in [2.45, 2.75) is 12.8 Å². The molecule has 0 aliphatic rings. The number of rotatable bonds is 6. The number of aromatic nitrogens is 2. The van der Waals surface area contributed by atoms with E-state index in [1.54, 1.807) is 30.9 Å². The smallest absolute Gasteiger partial charge is 0.147 e. The van der Waals surface area contributed by atoms with E-state index in [1.165, 1.54) is 5.56 Å². The van der Waals surface area contributed by atoms with Crippen LogP contribution in [-0.2, 0) is 6.42 Å². The van der Waals surface area contributed by atoms with Gasteiger partial charge in [-0.25, -0.2) is 0 Å². The van der Waals surface area contributed by atoms with Gasteiger partial charge >= 0.3 is 0 Å². The van der Waals surface area contributed by atoms with Crippen molar-refractivity contribution in [3.63, 3.8) is 0 Å². The molecule has 0 spiro atoms. The minimum atomic E-state index is 0.325. The van der Waals surface area contributed by atoms with E-state index in [1.807, 2.05) is 12.1 Å². The molecule has 0 aliphatic carbocycles. The summed E-state index contributed by atoms with van der Waals surface area (Å²) in [4.78, 5) is 8.33. The molecule has 98 valence electrons. The second kappa shape index (κ2) is 6.80. The molecule has 19 heavy (non-hydrogen) atoms. The van der Waals surface area contributed by atoms with Gasteiger partial charge in [0.1, 0.15) is 10.7 Å². The molecule has 2 aromatic heterocycles. The predicted octanol–water partition coefficient (Wildman–Crippen LogP) is 2.12. The first kappa shape index (κ1) is 13.4. The molecule has 0 amide bonds. The molecule has 5 heteroatoms. The molecular weight excluding hydrogens is 258 g/mol. The van der Waals surface area contributed by atoms with Crippen LogP contribution in [0, 0.1) is 0 Å². The largest absolute Gasteiger partial charge is 0.491 e. The lowest BCUT2D eigenvalue weighted by atomic mass is 10.1. The van der Waals surface area contributed by atoms with Crippen LogP contribution in [0.1, 0.15) is 17.5 Å². The summed E-state index contributed by atoms with van der Waals surface area (Å²) >= 11 is 4.97. The second-order valence-electron chi connectivity index (χ2n) is 4.04. The van der Waals surface area contributed by atoms with Crippen LogP contribution in [0.25, 0.3) is 0 Å². The summed E-state index contributed by atoms with van der Waals surface area (Å²) in [6.45, 7) is 0.601. The van der Waals surface area contributed by atoms with Crippen molar-refractivity contribution >= 4 is 17.2 Å². The van der Waals surface area contributed by atoms with Crippen LogP contribution >= 0.6 is 12.2 Å². The van der Waals surface area contributed by atoms with Crippen LogP contribution in [0.2, 0.25) is 0 Å². The quantitative estimate of drug-likeness (QED) is 0.645. The summed E-state index contributed by atoms with van der Waals surface area (Å²) in [6.07, 6.45) is 8.74. The SMILES string of the molecule is NC(=S)c1ccncc1OCCCc1ccncc1. The molecule has 2 rings (SSSR count). The van der Waals surface area contributed by atoms with E-state index in [0.29, 0.717) is 17.3 Å². The molecule has 0 saturated heterocycles. The monoisotopic (exact) mass is 273 g/mol. The molecule has 2 aromatic rings. The van der Waals surface area contributed by atoms with Crippen LogP contribution in [0.5, 0.6) is 5.75 Å². The van der Waals surface area contributed by atoms with Crippen molar-refractivity contribution in [1.82, 2.24) is 9.97 Å². The Hall–Kier alpha value is -2.01. The molecule has 0 fully saturated rings. The fourth-order valence-corrected chi connectivity index (χ4v) is 1.88. The number of nitrogens with two attached hydrogens (primary N) is 1. The van der Waals surface area contributed by atoms with Gasteiger partial charge in [-0.2, -0.15) is 0 Å². The van der Waals surface area contributed by atoms with Crippen molar-refractivity contribution in [3.05, 3.63) is 54.1 Å². The van der Waals surface area contributed by atoms with E-state index < -0.39 is 0 Å². The van der Waals surface area contributed by atoms with Gasteiger partial charge in [0.2, 0.25) is 0 Å². The highest BCUT2D eigenvalue weighted by Gasteiger charge is 2.05. The number of hydrogen-bond donors (Lipinski definition) is 1. The van der Waals surface area contributed by atoms with Crippen molar-refractivity contribution in [3.8, 4) is 5.75 Å². The molecule has 0 aromatic carbocycles. The molecule has 0 atom stereocenters. The fourth-order valence-electron chi connectivity index (χ4n) is 1.71. The molecular formula is C14H15N3OS. The zero-order valence-corrected chi connectivity index (χ0v) is 11.3. The maximum Gasteiger partial charge on any atom is 0.147 e. The number of pyridine rings is 2. The zero-order valence-electron chi connectivity index (χ0n) is 10.5. The third-order valence-corrected chi connectivity index (χ3v) is 2.89. The number of ether oxygens (including phenoxy) is 1. The lowest BCUT2D eigenvalue weighted by molar-refractivity contribution is 0.309.